The van der Waals surface area contributed by atoms with Crippen LogP contribution in [0.2, 0.25) is 0 Å². The van der Waals surface area contributed by atoms with Crippen molar-refractivity contribution in [2.24, 2.45) is 0 Å². The topological polar surface area (TPSA) is 37.3 Å². The van der Waals surface area contributed by atoms with Gasteiger partial charge < -0.3 is 5.98 Å². The summed E-state index contributed by atoms with van der Waals surface area (Å²) in [6, 6.07) is 8.22. The zero-order valence-electron chi connectivity index (χ0n) is 10.5. The molecule has 0 aliphatic rings. The quantitative estimate of drug-likeness (QED) is 0.654. The molecule has 0 saturated heterocycles. The van der Waals surface area contributed by atoms with Crippen LogP contribution in [0.25, 0.3) is 0 Å². The number of thiophene rings is 1. The van der Waals surface area contributed by atoms with Gasteiger partial charge in [0.25, 0.3) is 0 Å². The van der Waals surface area contributed by atoms with Crippen LogP contribution < -0.4 is 29.6 Å². The van der Waals surface area contributed by atoms with E-state index in [0.717, 1.165) is 4.88 Å². The summed E-state index contributed by atoms with van der Waals surface area (Å²) < 4.78 is 34.4. The van der Waals surface area contributed by atoms with Gasteiger partial charge in [-0.1, -0.05) is 22.0 Å². The minimum absolute atomic E-state index is 0. The van der Waals surface area contributed by atoms with E-state index >= 15 is 0 Å². The summed E-state index contributed by atoms with van der Waals surface area (Å²) in [5.74, 6) is -0.278. The molecule has 1 aromatic carbocycles. The fourth-order valence-corrected chi connectivity index (χ4v) is 3.28. The minimum atomic E-state index is -1.96. The van der Waals surface area contributed by atoms with Crippen molar-refractivity contribution in [2.75, 3.05) is 0 Å². The van der Waals surface area contributed by atoms with Crippen LogP contribution in [0.1, 0.15) is 11.9 Å². The number of rotatable bonds is 3. The summed E-state index contributed by atoms with van der Waals surface area (Å²) in [5, 5.41) is 0. The SMILES string of the molecule is O=S(O)c1ccc(Cc2ccc(Br)cc2F)s1.[H-].[Na+]. The maximum absolute atomic E-state index is 13.6. The molecule has 1 atom stereocenters. The van der Waals surface area contributed by atoms with Gasteiger partial charge in [0.2, 0.25) is 0 Å². The van der Waals surface area contributed by atoms with Gasteiger partial charge in [-0.3, -0.25) is 0 Å². The summed E-state index contributed by atoms with van der Waals surface area (Å²) in [6.07, 6.45) is 0.432. The largest absolute Gasteiger partial charge is 1.00 e. The smallest absolute Gasteiger partial charge is 1.00 e. The van der Waals surface area contributed by atoms with Crippen LogP contribution in [0, 0.1) is 5.82 Å². The predicted molar refractivity (Wildman–Crippen MR) is 71.4 cm³/mol. The Morgan fingerprint density at radius 3 is 2.67 bits per heavy atom. The van der Waals surface area contributed by atoms with Crippen molar-refractivity contribution in [3.8, 4) is 0 Å². The molecule has 0 bridgehead atoms. The zero-order valence-corrected chi connectivity index (χ0v) is 14.7. The molecule has 92 valence electrons. The molecule has 2 aromatic rings. The van der Waals surface area contributed by atoms with E-state index in [4.69, 9.17) is 4.55 Å². The van der Waals surface area contributed by atoms with Gasteiger partial charge in [-0.25, -0.2) is 8.60 Å². The molecule has 0 fully saturated rings. The fourth-order valence-electron chi connectivity index (χ4n) is 1.40. The van der Waals surface area contributed by atoms with Crippen molar-refractivity contribution in [1.82, 2.24) is 0 Å². The Hall–Kier alpha value is 0.440. The molecular formula is C11H9BrFNaO2S2. The van der Waals surface area contributed by atoms with Crippen molar-refractivity contribution in [2.45, 2.75) is 10.6 Å². The first kappa shape index (κ1) is 16.5. The second-order valence-corrected chi connectivity index (χ2v) is 6.66. The first-order chi connectivity index (χ1) is 8.06. The van der Waals surface area contributed by atoms with Crippen molar-refractivity contribution >= 4 is 38.3 Å². The molecule has 0 saturated carbocycles. The molecule has 18 heavy (non-hydrogen) atoms. The van der Waals surface area contributed by atoms with Crippen LogP contribution in [0.4, 0.5) is 4.39 Å². The molecule has 0 spiro atoms. The Labute approximate surface area is 143 Å². The normalized spacial score (nSPS) is 11.9. The van der Waals surface area contributed by atoms with E-state index in [1.165, 1.54) is 17.4 Å². The minimum Gasteiger partial charge on any atom is -1.00 e. The summed E-state index contributed by atoms with van der Waals surface area (Å²) in [4.78, 5) is 0.864. The predicted octanol–water partition coefficient (Wildman–Crippen LogP) is 0.938. The van der Waals surface area contributed by atoms with Crippen LogP contribution >= 0.6 is 27.3 Å². The van der Waals surface area contributed by atoms with Crippen molar-refractivity contribution in [1.29, 1.82) is 0 Å². The first-order valence-corrected chi connectivity index (χ1v) is 7.41. The van der Waals surface area contributed by atoms with Gasteiger partial charge in [-0.2, -0.15) is 0 Å². The molecule has 0 aliphatic carbocycles. The van der Waals surface area contributed by atoms with Gasteiger partial charge in [-0.15, -0.1) is 11.3 Å². The number of halogens is 2. The van der Waals surface area contributed by atoms with Crippen LogP contribution in [0.15, 0.2) is 39.0 Å². The second kappa shape index (κ2) is 7.28. The van der Waals surface area contributed by atoms with Crippen LogP contribution in [0.5, 0.6) is 0 Å². The molecule has 1 unspecified atom stereocenters. The third kappa shape index (κ3) is 4.23. The van der Waals surface area contributed by atoms with E-state index in [2.05, 4.69) is 15.9 Å². The fraction of sp³-hybridized carbons (Fsp3) is 0.0909. The van der Waals surface area contributed by atoms with E-state index in [1.807, 2.05) is 0 Å². The number of benzene rings is 1. The molecule has 1 N–H and O–H groups in total. The number of hydrogen-bond acceptors (Lipinski definition) is 2. The maximum Gasteiger partial charge on any atom is 1.00 e. The van der Waals surface area contributed by atoms with Crippen molar-refractivity contribution < 1.29 is 44.1 Å². The molecule has 0 amide bonds. The molecule has 1 heterocycles. The molecule has 0 radical (unpaired) electrons. The van der Waals surface area contributed by atoms with Gasteiger partial charge >= 0.3 is 29.6 Å². The van der Waals surface area contributed by atoms with Crippen molar-refractivity contribution in [3.63, 3.8) is 0 Å². The third-order valence-electron chi connectivity index (χ3n) is 2.19. The molecule has 2 nitrogen and oxygen atoms in total. The Bertz CT molecular complexity index is 580. The second-order valence-electron chi connectivity index (χ2n) is 3.38. The Morgan fingerprint density at radius 2 is 2.11 bits per heavy atom. The van der Waals surface area contributed by atoms with E-state index < -0.39 is 11.1 Å². The van der Waals surface area contributed by atoms with Crippen LogP contribution in [-0.2, 0) is 17.5 Å². The zero-order chi connectivity index (χ0) is 12.4. The Morgan fingerprint density at radius 1 is 1.39 bits per heavy atom. The maximum atomic E-state index is 13.6. The monoisotopic (exact) mass is 358 g/mol. The molecule has 1 aromatic heterocycles. The number of hydrogen-bond donors (Lipinski definition) is 1. The van der Waals surface area contributed by atoms with Gasteiger partial charge in [0.05, 0.1) is 0 Å². The average Bonchev–Trinajstić information content (AvgIpc) is 2.71. The third-order valence-corrected chi connectivity index (χ3v) is 4.72. The van der Waals surface area contributed by atoms with E-state index in [0.29, 0.717) is 20.7 Å². The van der Waals surface area contributed by atoms with Gasteiger partial charge in [0.1, 0.15) is 10.0 Å². The van der Waals surface area contributed by atoms with E-state index in [-0.39, 0.29) is 36.8 Å². The Balaban J connectivity index is 0.00000162. The van der Waals surface area contributed by atoms with Gasteiger partial charge in [-0.05, 0) is 29.8 Å². The summed E-state index contributed by atoms with van der Waals surface area (Å²) in [6.45, 7) is 0. The average molecular weight is 359 g/mol. The molecule has 7 heteroatoms. The standard InChI is InChI=1S/C11H8BrFO2S2.Na.H/c12-8-2-1-7(10(13)6-8)5-9-3-4-11(16-9)17(14)15;;/h1-4,6H,5H2,(H,14,15);;/q;+1;-1. The van der Waals surface area contributed by atoms with Crippen LogP contribution in [-0.4, -0.2) is 8.76 Å². The summed E-state index contributed by atoms with van der Waals surface area (Å²) in [7, 11) is 0. The van der Waals surface area contributed by atoms with Crippen molar-refractivity contribution in [3.05, 3.63) is 51.1 Å². The van der Waals surface area contributed by atoms with E-state index in [9.17, 15) is 8.60 Å². The summed E-state index contributed by atoms with van der Waals surface area (Å²) in [5.41, 5.74) is 0.574. The van der Waals surface area contributed by atoms with Crippen LogP contribution in [0.3, 0.4) is 0 Å². The Kier molecular flexibility index (Phi) is 6.67. The van der Waals surface area contributed by atoms with E-state index in [1.54, 1.807) is 24.3 Å². The van der Waals surface area contributed by atoms with Gasteiger partial charge in [0.15, 0.2) is 11.1 Å². The first-order valence-electron chi connectivity index (χ1n) is 4.70. The summed E-state index contributed by atoms with van der Waals surface area (Å²) >= 11 is 2.46. The molecule has 0 aliphatic heterocycles. The molecular weight excluding hydrogens is 350 g/mol. The van der Waals surface area contributed by atoms with Gasteiger partial charge in [0, 0.05) is 15.8 Å². The molecule has 2 rings (SSSR count).